The van der Waals surface area contributed by atoms with Gasteiger partial charge in [-0.25, -0.2) is 4.68 Å². The SMILES string of the molecule is Cc1cc2c(-c3ccncc3)nn(C(c3ccccc3)(c3ccccc3)c3ccccc3)c2cc1N=O. The van der Waals surface area contributed by atoms with Crippen molar-refractivity contribution in [3.8, 4) is 11.3 Å². The van der Waals surface area contributed by atoms with Crippen LogP contribution in [0.25, 0.3) is 22.2 Å². The number of nitroso groups, excluding NO2 is 1. The Balaban J connectivity index is 1.83. The molecular weight excluding hydrogens is 456 g/mol. The molecule has 178 valence electrons. The van der Waals surface area contributed by atoms with E-state index in [0.29, 0.717) is 5.69 Å². The molecule has 0 aliphatic carbocycles. The number of hydrogen-bond donors (Lipinski definition) is 0. The highest BCUT2D eigenvalue weighted by Crippen LogP contribution is 2.44. The Morgan fingerprint density at radius 2 is 1.22 bits per heavy atom. The van der Waals surface area contributed by atoms with Crippen LogP contribution in [-0.4, -0.2) is 14.8 Å². The van der Waals surface area contributed by atoms with E-state index < -0.39 is 5.54 Å². The standard InChI is InChI=1S/C32H24N4O/c1-23-21-28-30(22-29(23)35-37)36(34-31(28)24-17-19-33-20-18-24)32(25-11-5-2-6-12-25,26-13-7-3-8-14-26)27-15-9-4-10-16-27/h2-22H,1H3. The van der Waals surface area contributed by atoms with Crippen molar-refractivity contribution >= 4 is 16.6 Å². The molecule has 0 radical (unpaired) electrons. The summed E-state index contributed by atoms with van der Waals surface area (Å²) in [5, 5.41) is 9.61. The van der Waals surface area contributed by atoms with Gasteiger partial charge >= 0.3 is 0 Å². The molecule has 0 spiro atoms. The summed E-state index contributed by atoms with van der Waals surface area (Å²) in [5.74, 6) is 0. The van der Waals surface area contributed by atoms with Crippen molar-refractivity contribution in [3.63, 3.8) is 0 Å². The molecule has 4 aromatic carbocycles. The molecule has 0 aliphatic rings. The van der Waals surface area contributed by atoms with E-state index in [1.807, 2.05) is 85.8 Å². The van der Waals surface area contributed by atoms with Crippen molar-refractivity contribution in [2.45, 2.75) is 12.5 Å². The summed E-state index contributed by atoms with van der Waals surface area (Å²) in [6, 6.07) is 38.9. The fourth-order valence-corrected chi connectivity index (χ4v) is 5.24. The fraction of sp³-hybridized carbons (Fsp3) is 0.0625. The Hall–Kier alpha value is -4.90. The lowest BCUT2D eigenvalue weighted by Crippen LogP contribution is -2.38. The first kappa shape index (κ1) is 22.6. The first-order chi connectivity index (χ1) is 18.2. The van der Waals surface area contributed by atoms with Crippen molar-refractivity contribution in [3.05, 3.63) is 155 Å². The van der Waals surface area contributed by atoms with E-state index in [4.69, 9.17) is 5.10 Å². The van der Waals surface area contributed by atoms with E-state index in [2.05, 4.69) is 51.2 Å². The number of pyridine rings is 1. The topological polar surface area (TPSA) is 60.1 Å². The van der Waals surface area contributed by atoms with E-state index in [9.17, 15) is 4.91 Å². The van der Waals surface area contributed by atoms with Gasteiger partial charge in [-0.05, 0) is 58.6 Å². The lowest BCUT2D eigenvalue weighted by atomic mass is 9.77. The molecule has 6 aromatic rings. The Labute approximate surface area is 215 Å². The van der Waals surface area contributed by atoms with Crippen molar-refractivity contribution in [2.24, 2.45) is 5.18 Å². The third kappa shape index (κ3) is 3.64. The number of rotatable bonds is 6. The van der Waals surface area contributed by atoms with Crippen LogP contribution >= 0.6 is 0 Å². The maximum Gasteiger partial charge on any atom is 0.138 e. The summed E-state index contributed by atoms with van der Waals surface area (Å²) in [5.41, 5.74) is 6.16. The van der Waals surface area contributed by atoms with E-state index in [-0.39, 0.29) is 0 Å². The zero-order chi connectivity index (χ0) is 25.2. The lowest BCUT2D eigenvalue weighted by Gasteiger charge is -2.37. The molecule has 0 N–H and O–H groups in total. The molecule has 0 atom stereocenters. The van der Waals surface area contributed by atoms with E-state index in [1.54, 1.807) is 12.4 Å². The van der Waals surface area contributed by atoms with Crippen LogP contribution < -0.4 is 0 Å². The summed E-state index contributed by atoms with van der Waals surface area (Å²) >= 11 is 0. The van der Waals surface area contributed by atoms with Crippen LogP contribution in [0.1, 0.15) is 22.3 Å². The molecule has 5 heteroatoms. The third-order valence-electron chi connectivity index (χ3n) is 6.94. The van der Waals surface area contributed by atoms with Crippen LogP contribution in [0.2, 0.25) is 0 Å². The number of nitrogens with zero attached hydrogens (tertiary/aromatic N) is 4. The molecule has 0 unspecified atom stereocenters. The second-order valence-electron chi connectivity index (χ2n) is 9.05. The van der Waals surface area contributed by atoms with E-state index in [0.717, 1.165) is 44.4 Å². The molecule has 5 nitrogen and oxygen atoms in total. The van der Waals surface area contributed by atoms with Crippen molar-refractivity contribution in [1.29, 1.82) is 0 Å². The van der Waals surface area contributed by atoms with Gasteiger partial charge < -0.3 is 0 Å². The quantitative estimate of drug-likeness (QED) is 0.182. The Morgan fingerprint density at radius 3 is 1.70 bits per heavy atom. The molecule has 37 heavy (non-hydrogen) atoms. The van der Waals surface area contributed by atoms with Gasteiger partial charge in [-0.2, -0.15) is 5.10 Å². The molecule has 2 aromatic heterocycles. The number of benzene rings is 4. The number of aromatic nitrogens is 3. The second-order valence-corrected chi connectivity index (χ2v) is 9.05. The molecule has 0 aliphatic heterocycles. The first-order valence-electron chi connectivity index (χ1n) is 12.2. The molecule has 0 amide bonds. The molecule has 2 heterocycles. The summed E-state index contributed by atoms with van der Waals surface area (Å²) in [7, 11) is 0. The minimum Gasteiger partial charge on any atom is -0.265 e. The monoisotopic (exact) mass is 480 g/mol. The van der Waals surface area contributed by atoms with Gasteiger partial charge in [0, 0.05) is 23.3 Å². The van der Waals surface area contributed by atoms with Crippen LogP contribution in [0.3, 0.4) is 0 Å². The Kier molecular flexibility index (Phi) is 5.66. The highest BCUT2D eigenvalue weighted by molar-refractivity contribution is 5.96. The number of fused-ring (bicyclic) bond motifs is 1. The van der Waals surface area contributed by atoms with Gasteiger partial charge in [0.1, 0.15) is 16.9 Å². The third-order valence-corrected chi connectivity index (χ3v) is 6.94. The van der Waals surface area contributed by atoms with E-state index >= 15 is 0 Å². The summed E-state index contributed by atoms with van der Waals surface area (Å²) in [6.45, 7) is 1.91. The predicted octanol–water partition coefficient (Wildman–Crippen LogP) is 7.64. The van der Waals surface area contributed by atoms with Crippen molar-refractivity contribution in [2.75, 3.05) is 0 Å². The smallest absolute Gasteiger partial charge is 0.138 e. The fourth-order valence-electron chi connectivity index (χ4n) is 5.24. The minimum atomic E-state index is -0.817. The molecule has 0 saturated heterocycles. The van der Waals surface area contributed by atoms with Crippen LogP contribution in [0.15, 0.2) is 133 Å². The van der Waals surface area contributed by atoms with Crippen LogP contribution in [-0.2, 0) is 5.54 Å². The minimum absolute atomic E-state index is 0.401. The van der Waals surface area contributed by atoms with Gasteiger partial charge in [-0.3, -0.25) is 4.98 Å². The van der Waals surface area contributed by atoms with Crippen LogP contribution in [0, 0.1) is 11.8 Å². The summed E-state index contributed by atoms with van der Waals surface area (Å²) in [4.78, 5) is 16.0. The molecular formula is C32H24N4O. The predicted molar refractivity (Wildman–Crippen MR) is 148 cm³/mol. The highest BCUT2D eigenvalue weighted by atomic mass is 16.3. The second kappa shape index (κ2) is 9.28. The lowest BCUT2D eigenvalue weighted by molar-refractivity contribution is 0.477. The van der Waals surface area contributed by atoms with Crippen LogP contribution in [0.4, 0.5) is 5.69 Å². The van der Waals surface area contributed by atoms with Gasteiger partial charge in [-0.1, -0.05) is 91.0 Å². The molecule has 6 rings (SSSR count). The average Bonchev–Trinajstić information content (AvgIpc) is 3.33. The highest BCUT2D eigenvalue weighted by Gasteiger charge is 2.41. The van der Waals surface area contributed by atoms with Crippen molar-refractivity contribution < 1.29 is 0 Å². The maximum atomic E-state index is 11.8. The Morgan fingerprint density at radius 1 is 0.703 bits per heavy atom. The molecule has 0 fully saturated rings. The normalized spacial score (nSPS) is 11.5. The summed E-state index contributed by atoms with van der Waals surface area (Å²) in [6.07, 6.45) is 3.54. The van der Waals surface area contributed by atoms with Gasteiger partial charge in [0.05, 0.1) is 5.52 Å². The van der Waals surface area contributed by atoms with Crippen molar-refractivity contribution in [1.82, 2.24) is 14.8 Å². The average molecular weight is 481 g/mol. The first-order valence-corrected chi connectivity index (χ1v) is 12.2. The maximum absolute atomic E-state index is 11.8. The number of aryl methyl sites for hydroxylation is 1. The van der Waals surface area contributed by atoms with Gasteiger partial charge in [0.2, 0.25) is 0 Å². The van der Waals surface area contributed by atoms with Gasteiger partial charge in [0.15, 0.2) is 0 Å². The van der Waals surface area contributed by atoms with Gasteiger partial charge in [-0.15, -0.1) is 4.91 Å². The van der Waals surface area contributed by atoms with Crippen LogP contribution in [0.5, 0.6) is 0 Å². The largest absolute Gasteiger partial charge is 0.265 e. The zero-order valence-corrected chi connectivity index (χ0v) is 20.3. The number of hydrogen-bond acceptors (Lipinski definition) is 4. The van der Waals surface area contributed by atoms with E-state index in [1.165, 1.54) is 0 Å². The zero-order valence-electron chi connectivity index (χ0n) is 20.3. The molecule has 0 bridgehead atoms. The molecule has 0 saturated carbocycles. The Bertz CT molecular complexity index is 1580. The van der Waals surface area contributed by atoms with Gasteiger partial charge in [0.25, 0.3) is 0 Å². The summed E-state index contributed by atoms with van der Waals surface area (Å²) < 4.78 is 2.06.